The molecule has 1 aromatic carbocycles. The molecule has 1 aliphatic rings. The molecule has 5 heteroatoms. The highest BCUT2D eigenvalue weighted by atomic mass is 16.5. The number of para-hydroxylation sites is 1. The second-order valence-corrected chi connectivity index (χ2v) is 7.11. The minimum absolute atomic E-state index is 0.000289. The SMILES string of the molecule is COc1ccccc1[C@@]1(CC(=O)n2cccn2)CCO[C@H](C(C)C)C1. The Kier molecular flexibility index (Phi) is 5.23. The van der Waals surface area contributed by atoms with Gasteiger partial charge in [-0.05, 0) is 30.9 Å². The number of carbonyl (C=O) groups excluding carboxylic acids is 1. The Labute approximate surface area is 148 Å². The molecular weight excluding hydrogens is 316 g/mol. The average Bonchev–Trinajstić information content (AvgIpc) is 3.16. The van der Waals surface area contributed by atoms with E-state index in [-0.39, 0.29) is 17.4 Å². The van der Waals surface area contributed by atoms with Crippen LogP contribution in [-0.2, 0) is 10.2 Å². The molecule has 0 amide bonds. The van der Waals surface area contributed by atoms with Crippen molar-refractivity contribution in [2.45, 2.75) is 44.6 Å². The summed E-state index contributed by atoms with van der Waals surface area (Å²) in [5.74, 6) is 1.23. The van der Waals surface area contributed by atoms with Crippen LogP contribution >= 0.6 is 0 Å². The fourth-order valence-corrected chi connectivity index (χ4v) is 3.75. The van der Waals surface area contributed by atoms with Crippen molar-refractivity contribution >= 4 is 5.91 Å². The van der Waals surface area contributed by atoms with Crippen LogP contribution in [-0.4, -0.2) is 35.5 Å². The second kappa shape index (κ2) is 7.40. The summed E-state index contributed by atoms with van der Waals surface area (Å²) in [6, 6.07) is 9.80. The molecule has 0 N–H and O–H groups in total. The Morgan fingerprint density at radius 3 is 2.88 bits per heavy atom. The second-order valence-electron chi connectivity index (χ2n) is 7.11. The summed E-state index contributed by atoms with van der Waals surface area (Å²) >= 11 is 0. The van der Waals surface area contributed by atoms with Crippen LogP contribution in [0.25, 0.3) is 0 Å². The van der Waals surface area contributed by atoms with Gasteiger partial charge in [-0.2, -0.15) is 5.10 Å². The van der Waals surface area contributed by atoms with Gasteiger partial charge >= 0.3 is 0 Å². The number of methoxy groups -OCH3 is 1. The number of ether oxygens (including phenoxy) is 2. The van der Waals surface area contributed by atoms with Gasteiger partial charge in [-0.1, -0.05) is 32.0 Å². The third-order valence-electron chi connectivity index (χ3n) is 5.18. The lowest BCUT2D eigenvalue weighted by atomic mass is 9.68. The van der Waals surface area contributed by atoms with Crippen LogP contribution in [0, 0.1) is 5.92 Å². The highest BCUT2D eigenvalue weighted by Gasteiger charge is 2.43. The molecule has 1 fully saturated rings. The Hall–Kier alpha value is -2.14. The first-order valence-corrected chi connectivity index (χ1v) is 8.84. The number of benzene rings is 1. The molecule has 134 valence electrons. The van der Waals surface area contributed by atoms with E-state index < -0.39 is 0 Å². The summed E-state index contributed by atoms with van der Waals surface area (Å²) in [6.45, 7) is 4.98. The first-order chi connectivity index (χ1) is 12.1. The fourth-order valence-electron chi connectivity index (χ4n) is 3.75. The van der Waals surface area contributed by atoms with E-state index in [2.05, 4.69) is 25.0 Å². The summed E-state index contributed by atoms with van der Waals surface area (Å²) in [4.78, 5) is 12.8. The van der Waals surface area contributed by atoms with E-state index in [1.165, 1.54) is 4.68 Å². The van der Waals surface area contributed by atoms with Crippen LogP contribution in [0.3, 0.4) is 0 Å². The van der Waals surface area contributed by atoms with E-state index in [4.69, 9.17) is 9.47 Å². The average molecular weight is 342 g/mol. The molecular formula is C20H26N2O3. The standard InChI is InChI=1S/C20H26N2O3/c1-15(2)18-13-20(9-12-25-18,14-19(23)22-11-6-10-21-22)16-7-4-5-8-17(16)24-3/h4-8,10-11,15,18H,9,12-14H2,1-3H3/t18-,20-/m0/s1. The molecule has 25 heavy (non-hydrogen) atoms. The Bertz CT molecular complexity index is 711. The third-order valence-corrected chi connectivity index (χ3v) is 5.18. The van der Waals surface area contributed by atoms with Crippen molar-refractivity contribution in [2.24, 2.45) is 5.92 Å². The summed E-state index contributed by atoms with van der Waals surface area (Å²) < 4.78 is 13.0. The van der Waals surface area contributed by atoms with Gasteiger partial charge in [-0.15, -0.1) is 0 Å². The van der Waals surface area contributed by atoms with Crippen molar-refractivity contribution in [3.63, 3.8) is 0 Å². The fraction of sp³-hybridized carbons (Fsp3) is 0.500. The zero-order chi connectivity index (χ0) is 17.9. The molecule has 0 unspecified atom stereocenters. The lowest BCUT2D eigenvalue weighted by Crippen LogP contribution is -2.43. The number of rotatable bonds is 5. The van der Waals surface area contributed by atoms with Crippen molar-refractivity contribution < 1.29 is 14.3 Å². The highest BCUT2D eigenvalue weighted by molar-refractivity contribution is 5.79. The van der Waals surface area contributed by atoms with Gasteiger partial charge in [0.15, 0.2) is 0 Å². The van der Waals surface area contributed by atoms with E-state index in [0.717, 1.165) is 24.2 Å². The van der Waals surface area contributed by atoms with E-state index in [0.29, 0.717) is 18.9 Å². The van der Waals surface area contributed by atoms with Crippen molar-refractivity contribution in [3.8, 4) is 5.75 Å². The minimum atomic E-state index is -0.303. The number of hydrogen-bond donors (Lipinski definition) is 0. The smallest absolute Gasteiger partial charge is 0.247 e. The molecule has 1 aromatic heterocycles. The quantitative estimate of drug-likeness (QED) is 0.831. The summed E-state index contributed by atoms with van der Waals surface area (Å²) in [5.41, 5.74) is 0.787. The summed E-state index contributed by atoms with van der Waals surface area (Å²) in [7, 11) is 1.68. The van der Waals surface area contributed by atoms with Crippen LogP contribution in [0.1, 0.15) is 43.5 Å². The van der Waals surface area contributed by atoms with Crippen LogP contribution in [0.5, 0.6) is 5.75 Å². The predicted octanol–water partition coefficient (Wildman–Crippen LogP) is 3.70. The molecule has 2 heterocycles. The molecule has 0 spiro atoms. The number of carbonyl (C=O) groups is 1. The number of nitrogens with zero attached hydrogens (tertiary/aromatic N) is 2. The molecule has 0 bridgehead atoms. The first kappa shape index (κ1) is 17.7. The molecule has 2 aromatic rings. The van der Waals surface area contributed by atoms with Gasteiger partial charge in [0.1, 0.15) is 5.75 Å². The number of aromatic nitrogens is 2. The van der Waals surface area contributed by atoms with E-state index in [9.17, 15) is 4.79 Å². The van der Waals surface area contributed by atoms with E-state index >= 15 is 0 Å². The Balaban J connectivity index is 2.00. The maximum Gasteiger partial charge on any atom is 0.247 e. The molecule has 0 aliphatic carbocycles. The van der Waals surface area contributed by atoms with Gasteiger partial charge in [0.25, 0.3) is 0 Å². The zero-order valence-electron chi connectivity index (χ0n) is 15.1. The molecule has 5 nitrogen and oxygen atoms in total. The molecule has 0 saturated carbocycles. The monoisotopic (exact) mass is 342 g/mol. The van der Waals surface area contributed by atoms with Crippen LogP contribution in [0.15, 0.2) is 42.7 Å². The molecule has 2 atom stereocenters. The maximum absolute atomic E-state index is 12.8. The predicted molar refractivity (Wildman–Crippen MR) is 96.0 cm³/mol. The first-order valence-electron chi connectivity index (χ1n) is 8.84. The lowest BCUT2D eigenvalue weighted by molar-refractivity contribution is -0.0461. The van der Waals surface area contributed by atoms with Gasteiger partial charge in [0.05, 0.1) is 13.2 Å². The van der Waals surface area contributed by atoms with Crippen molar-refractivity contribution in [2.75, 3.05) is 13.7 Å². The van der Waals surface area contributed by atoms with Gasteiger partial charge in [-0.25, -0.2) is 4.68 Å². The van der Waals surface area contributed by atoms with Crippen molar-refractivity contribution in [3.05, 3.63) is 48.3 Å². The zero-order valence-corrected chi connectivity index (χ0v) is 15.1. The maximum atomic E-state index is 12.8. The van der Waals surface area contributed by atoms with Gasteiger partial charge in [0, 0.05) is 36.4 Å². The van der Waals surface area contributed by atoms with Crippen molar-refractivity contribution in [1.82, 2.24) is 9.78 Å². The topological polar surface area (TPSA) is 53.4 Å². The largest absolute Gasteiger partial charge is 0.496 e. The minimum Gasteiger partial charge on any atom is -0.496 e. The van der Waals surface area contributed by atoms with Crippen LogP contribution in [0.4, 0.5) is 0 Å². The van der Waals surface area contributed by atoms with Crippen LogP contribution in [0.2, 0.25) is 0 Å². The van der Waals surface area contributed by atoms with E-state index in [1.54, 1.807) is 25.6 Å². The Morgan fingerprint density at radius 1 is 1.40 bits per heavy atom. The van der Waals surface area contributed by atoms with Crippen LogP contribution < -0.4 is 4.74 Å². The summed E-state index contributed by atoms with van der Waals surface area (Å²) in [5, 5.41) is 4.11. The molecule has 0 radical (unpaired) electrons. The van der Waals surface area contributed by atoms with Gasteiger partial charge in [-0.3, -0.25) is 4.79 Å². The molecule has 3 rings (SSSR count). The summed E-state index contributed by atoms with van der Waals surface area (Å²) in [6.07, 6.45) is 5.46. The highest BCUT2D eigenvalue weighted by Crippen LogP contribution is 2.45. The van der Waals surface area contributed by atoms with E-state index in [1.807, 2.05) is 18.2 Å². The molecule has 1 aliphatic heterocycles. The van der Waals surface area contributed by atoms with Gasteiger partial charge in [0.2, 0.25) is 5.91 Å². The van der Waals surface area contributed by atoms with Crippen molar-refractivity contribution in [1.29, 1.82) is 0 Å². The third kappa shape index (κ3) is 3.61. The van der Waals surface area contributed by atoms with Gasteiger partial charge < -0.3 is 9.47 Å². The number of hydrogen-bond acceptors (Lipinski definition) is 4. The normalized spacial score (nSPS) is 23.6. The Morgan fingerprint density at radius 2 is 2.20 bits per heavy atom. The molecule has 1 saturated heterocycles. The lowest BCUT2D eigenvalue weighted by Gasteiger charge is -2.42.